The summed E-state index contributed by atoms with van der Waals surface area (Å²) in [7, 11) is 0. The Bertz CT molecular complexity index is 882. The molecular formula is C19H16O5. The number of rotatable bonds is 4. The Hall–Kier alpha value is -3.05. The highest BCUT2D eigenvalue weighted by atomic mass is 16.4. The smallest absolute Gasteiger partial charge is 0.227 e. The molecule has 0 radical (unpaired) electrons. The van der Waals surface area contributed by atoms with Crippen molar-refractivity contribution in [3.63, 3.8) is 0 Å². The summed E-state index contributed by atoms with van der Waals surface area (Å²) in [5.41, 5.74) is 0.921. The Labute approximate surface area is 138 Å². The van der Waals surface area contributed by atoms with Gasteiger partial charge in [0.25, 0.3) is 0 Å². The lowest BCUT2D eigenvalue weighted by Gasteiger charge is -2.18. The first-order valence-electron chi connectivity index (χ1n) is 7.40. The number of benzene rings is 2. The number of hydrogen-bond donors (Lipinski definition) is 3. The first-order chi connectivity index (χ1) is 11.6. The largest absolute Gasteiger partial charge is 0.508 e. The fraction of sp³-hybridized carbons (Fsp3) is 0.105. The van der Waals surface area contributed by atoms with E-state index in [2.05, 4.69) is 0 Å². The summed E-state index contributed by atoms with van der Waals surface area (Å²) in [6.45, 7) is -0.445. The molecule has 0 aliphatic rings. The van der Waals surface area contributed by atoms with Gasteiger partial charge in [0, 0.05) is 6.07 Å². The molecule has 3 rings (SSSR count). The van der Waals surface area contributed by atoms with Crippen LogP contribution in [0.1, 0.15) is 28.6 Å². The van der Waals surface area contributed by atoms with Crippen molar-refractivity contribution in [2.24, 2.45) is 0 Å². The average molecular weight is 324 g/mol. The normalized spacial score (nSPS) is 12.0. The Morgan fingerprint density at radius 1 is 0.917 bits per heavy atom. The molecular weight excluding hydrogens is 308 g/mol. The topological polar surface area (TPSA) is 90.9 Å². The quantitative estimate of drug-likeness (QED) is 0.686. The summed E-state index contributed by atoms with van der Waals surface area (Å²) in [6, 6.07) is 16.7. The molecule has 0 saturated heterocycles. The molecule has 0 aliphatic carbocycles. The van der Waals surface area contributed by atoms with Gasteiger partial charge in [-0.05, 0) is 23.3 Å². The monoisotopic (exact) mass is 324 g/mol. The highest BCUT2D eigenvalue weighted by Crippen LogP contribution is 2.36. The minimum absolute atomic E-state index is 0.0587. The first kappa shape index (κ1) is 15.8. The van der Waals surface area contributed by atoms with Crippen LogP contribution in [0.4, 0.5) is 0 Å². The van der Waals surface area contributed by atoms with Gasteiger partial charge in [0.2, 0.25) is 11.2 Å². The molecule has 122 valence electrons. The van der Waals surface area contributed by atoms with Gasteiger partial charge in [-0.1, -0.05) is 42.5 Å². The number of aromatic hydroxyl groups is 2. The van der Waals surface area contributed by atoms with Crippen molar-refractivity contribution in [1.29, 1.82) is 0 Å². The van der Waals surface area contributed by atoms with E-state index in [4.69, 9.17) is 4.42 Å². The molecule has 1 unspecified atom stereocenters. The third-order valence-electron chi connectivity index (χ3n) is 3.78. The summed E-state index contributed by atoms with van der Waals surface area (Å²) in [6.07, 6.45) is 0. The number of aliphatic hydroxyl groups excluding tert-OH is 1. The lowest BCUT2D eigenvalue weighted by molar-refractivity contribution is 0.235. The molecule has 2 aromatic carbocycles. The molecule has 3 aromatic rings. The van der Waals surface area contributed by atoms with Crippen molar-refractivity contribution in [3.05, 3.63) is 93.5 Å². The van der Waals surface area contributed by atoms with Crippen LogP contribution in [0.15, 0.2) is 69.9 Å². The molecule has 1 heterocycles. The maximum atomic E-state index is 12.0. The van der Waals surface area contributed by atoms with E-state index >= 15 is 0 Å². The highest BCUT2D eigenvalue weighted by molar-refractivity contribution is 5.45. The standard InChI is InChI=1S/C19H16O5/c20-11-15-10-16(22)18(23)19(24-15)17(12-4-2-1-3-5-12)13-6-8-14(21)9-7-13/h1-10,17,20-21,23H,11H2. The van der Waals surface area contributed by atoms with E-state index in [0.717, 1.165) is 17.2 Å². The van der Waals surface area contributed by atoms with Crippen LogP contribution >= 0.6 is 0 Å². The predicted molar refractivity (Wildman–Crippen MR) is 88.1 cm³/mol. The third kappa shape index (κ3) is 3.02. The van der Waals surface area contributed by atoms with Crippen molar-refractivity contribution in [1.82, 2.24) is 0 Å². The minimum Gasteiger partial charge on any atom is -0.508 e. The molecule has 0 bridgehead atoms. The Morgan fingerprint density at radius 3 is 2.17 bits per heavy atom. The predicted octanol–water partition coefficient (Wildman–Crippen LogP) is 2.72. The Morgan fingerprint density at radius 2 is 1.54 bits per heavy atom. The van der Waals surface area contributed by atoms with Crippen molar-refractivity contribution in [2.75, 3.05) is 0 Å². The fourth-order valence-electron chi connectivity index (χ4n) is 2.64. The molecule has 5 heteroatoms. The second-order valence-electron chi connectivity index (χ2n) is 5.38. The van der Waals surface area contributed by atoms with Crippen molar-refractivity contribution in [3.8, 4) is 11.5 Å². The van der Waals surface area contributed by atoms with Crippen molar-refractivity contribution >= 4 is 0 Å². The molecule has 0 amide bonds. The van der Waals surface area contributed by atoms with Gasteiger partial charge < -0.3 is 19.7 Å². The fourth-order valence-corrected chi connectivity index (χ4v) is 2.64. The second kappa shape index (κ2) is 6.60. The van der Waals surface area contributed by atoms with E-state index in [-0.39, 0.29) is 17.3 Å². The van der Waals surface area contributed by atoms with E-state index in [1.807, 2.05) is 30.3 Å². The SMILES string of the molecule is O=c1cc(CO)oc(C(c2ccccc2)c2ccc(O)cc2)c1O. The molecule has 5 nitrogen and oxygen atoms in total. The lowest BCUT2D eigenvalue weighted by atomic mass is 9.88. The van der Waals surface area contributed by atoms with E-state index in [1.54, 1.807) is 12.1 Å². The average Bonchev–Trinajstić information content (AvgIpc) is 2.61. The minimum atomic E-state index is -0.611. The summed E-state index contributed by atoms with van der Waals surface area (Å²) in [5.74, 6) is -0.795. The first-order valence-corrected chi connectivity index (χ1v) is 7.40. The number of aliphatic hydroxyl groups is 1. The molecule has 0 fully saturated rings. The van der Waals surface area contributed by atoms with Gasteiger partial charge in [0.05, 0.1) is 5.92 Å². The molecule has 1 atom stereocenters. The zero-order valence-corrected chi connectivity index (χ0v) is 12.7. The van der Waals surface area contributed by atoms with Crippen LogP contribution in [0.5, 0.6) is 11.5 Å². The number of hydrogen-bond acceptors (Lipinski definition) is 5. The summed E-state index contributed by atoms with van der Waals surface area (Å²) >= 11 is 0. The van der Waals surface area contributed by atoms with Crippen LogP contribution in [-0.4, -0.2) is 15.3 Å². The Kier molecular flexibility index (Phi) is 4.35. The van der Waals surface area contributed by atoms with Gasteiger partial charge in [-0.2, -0.15) is 0 Å². The van der Waals surface area contributed by atoms with Gasteiger partial charge in [0.1, 0.15) is 18.1 Å². The van der Waals surface area contributed by atoms with E-state index in [9.17, 15) is 20.1 Å². The number of phenols is 1. The van der Waals surface area contributed by atoms with Crippen LogP contribution in [0.2, 0.25) is 0 Å². The molecule has 0 saturated carbocycles. The van der Waals surface area contributed by atoms with Crippen molar-refractivity contribution < 1.29 is 19.7 Å². The van der Waals surface area contributed by atoms with Crippen LogP contribution in [0, 0.1) is 0 Å². The molecule has 1 aromatic heterocycles. The second-order valence-corrected chi connectivity index (χ2v) is 5.38. The molecule has 0 aliphatic heterocycles. The van der Waals surface area contributed by atoms with Crippen molar-refractivity contribution in [2.45, 2.75) is 12.5 Å². The third-order valence-corrected chi connectivity index (χ3v) is 3.78. The zero-order chi connectivity index (χ0) is 17.1. The summed E-state index contributed by atoms with van der Waals surface area (Å²) < 4.78 is 5.58. The summed E-state index contributed by atoms with van der Waals surface area (Å²) in [4.78, 5) is 12.0. The maximum Gasteiger partial charge on any atom is 0.227 e. The maximum absolute atomic E-state index is 12.0. The summed E-state index contributed by atoms with van der Waals surface area (Å²) in [5, 5.41) is 29.0. The highest BCUT2D eigenvalue weighted by Gasteiger charge is 2.25. The van der Waals surface area contributed by atoms with E-state index < -0.39 is 23.7 Å². The van der Waals surface area contributed by atoms with Crippen LogP contribution in [0.3, 0.4) is 0 Å². The lowest BCUT2D eigenvalue weighted by Crippen LogP contribution is -2.10. The van der Waals surface area contributed by atoms with Gasteiger partial charge in [0.15, 0.2) is 5.76 Å². The zero-order valence-electron chi connectivity index (χ0n) is 12.7. The molecule has 24 heavy (non-hydrogen) atoms. The molecule has 3 N–H and O–H groups in total. The Balaban J connectivity index is 2.24. The van der Waals surface area contributed by atoms with Gasteiger partial charge in [-0.3, -0.25) is 4.79 Å². The van der Waals surface area contributed by atoms with Crippen LogP contribution in [-0.2, 0) is 6.61 Å². The van der Waals surface area contributed by atoms with E-state index in [0.29, 0.717) is 0 Å². The van der Waals surface area contributed by atoms with Crippen LogP contribution in [0.25, 0.3) is 0 Å². The van der Waals surface area contributed by atoms with Gasteiger partial charge in [-0.15, -0.1) is 0 Å². The van der Waals surface area contributed by atoms with Crippen LogP contribution < -0.4 is 5.43 Å². The molecule has 0 spiro atoms. The number of phenolic OH excluding ortho intramolecular Hbond substituents is 1. The van der Waals surface area contributed by atoms with E-state index in [1.165, 1.54) is 12.1 Å². The van der Waals surface area contributed by atoms with Gasteiger partial charge in [-0.25, -0.2) is 0 Å². The van der Waals surface area contributed by atoms with Gasteiger partial charge >= 0.3 is 0 Å².